The van der Waals surface area contributed by atoms with Crippen LogP contribution in [0.1, 0.15) is 33.6 Å². The Bertz CT molecular complexity index is 251. The highest BCUT2D eigenvalue weighted by Crippen LogP contribution is 2.22. The summed E-state index contributed by atoms with van der Waals surface area (Å²) >= 11 is 0. The topological polar surface area (TPSA) is 24.5 Å². The molecule has 1 saturated heterocycles. The first-order chi connectivity index (χ1) is 8.12. The Balaban J connectivity index is 2.64. The number of morpholine rings is 1. The van der Waals surface area contributed by atoms with Gasteiger partial charge in [-0.2, -0.15) is 0 Å². The summed E-state index contributed by atoms with van der Waals surface area (Å²) in [5, 5.41) is 3.58. The molecule has 0 spiro atoms. The summed E-state index contributed by atoms with van der Waals surface area (Å²) in [6, 6.07) is 0.352. The van der Waals surface area contributed by atoms with Crippen LogP contribution in [0.3, 0.4) is 0 Å². The molecule has 17 heavy (non-hydrogen) atoms. The second-order valence-electron chi connectivity index (χ2n) is 5.17. The molecular formula is C14H26N2O. The second kappa shape index (κ2) is 7.00. The summed E-state index contributed by atoms with van der Waals surface area (Å²) < 4.78 is 5.41. The molecule has 1 N–H and O–H groups in total. The van der Waals surface area contributed by atoms with E-state index in [2.05, 4.69) is 36.9 Å². The fourth-order valence-electron chi connectivity index (χ4n) is 2.37. The molecule has 1 fully saturated rings. The van der Waals surface area contributed by atoms with Gasteiger partial charge < -0.3 is 10.1 Å². The van der Waals surface area contributed by atoms with E-state index in [0.29, 0.717) is 6.04 Å². The van der Waals surface area contributed by atoms with Gasteiger partial charge in [-0.1, -0.05) is 6.92 Å². The highest BCUT2D eigenvalue weighted by molar-refractivity contribution is 5.01. The molecule has 3 heteroatoms. The van der Waals surface area contributed by atoms with Gasteiger partial charge in [-0.15, -0.1) is 12.3 Å². The maximum Gasteiger partial charge on any atom is 0.0594 e. The molecule has 0 amide bonds. The van der Waals surface area contributed by atoms with Crippen molar-refractivity contribution in [2.24, 2.45) is 0 Å². The highest BCUT2D eigenvalue weighted by atomic mass is 16.5. The molecule has 0 aromatic carbocycles. The molecule has 0 aromatic heterocycles. The van der Waals surface area contributed by atoms with Gasteiger partial charge in [0.1, 0.15) is 0 Å². The summed E-state index contributed by atoms with van der Waals surface area (Å²) in [5.41, 5.74) is 0.0886. The van der Waals surface area contributed by atoms with E-state index in [1.54, 1.807) is 0 Å². The fourth-order valence-corrected chi connectivity index (χ4v) is 2.37. The predicted octanol–water partition coefficient (Wildman–Crippen LogP) is 1.49. The number of nitrogens with zero attached hydrogens (tertiary/aromatic N) is 1. The molecule has 0 bridgehead atoms. The van der Waals surface area contributed by atoms with Gasteiger partial charge in [0.05, 0.1) is 13.2 Å². The summed E-state index contributed by atoms with van der Waals surface area (Å²) in [6.45, 7) is 11.4. The van der Waals surface area contributed by atoms with Crippen LogP contribution in [0.5, 0.6) is 0 Å². The molecule has 1 atom stereocenters. The smallest absolute Gasteiger partial charge is 0.0594 e. The van der Waals surface area contributed by atoms with Crippen LogP contribution in [-0.2, 0) is 4.74 Å². The zero-order chi connectivity index (χ0) is 12.7. The van der Waals surface area contributed by atoms with Crippen LogP contribution in [0.4, 0.5) is 0 Å². The van der Waals surface area contributed by atoms with Gasteiger partial charge in [0.25, 0.3) is 0 Å². The molecule has 1 unspecified atom stereocenters. The minimum absolute atomic E-state index is 0.0886. The summed E-state index contributed by atoms with van der Waals surface area (Å²) in [5.74, 6) is 2.80. The Morgan fingerprint density at radius 3 is 2.59 bits per heavy atom. The monoisotopic (exact) mass is 238 g/mol. The van der Waals surface area contributed by atoms with Crippen LogP contribution >= 0.6 is 0 Å². The van der Waals surface area contributed by atoms with Gasteiger partial charge in [0.15, 0.2) is 0 Å². The Kier molecular flexibility index (Phi) is 5.97. The summed E-state index contributed by atoms with van der Waals surface area (Å²) in [7, 11) is 0. The van der Waals surface area contributed by atoms with Crippen LogP contribution in [0.15, 0.2) is 0 Å². The summed E-state index contributed by atoms with van der Waals surface area (Å²) in [4.78, 5) is 2.49. The minimum Gasteiger partial charge on any atom is -0.379 e. The molecule has 0 saturated carbocycles. The Labute approximate surface area is 106 Å². The highest BCUT2D eigenvalue weighted by Gasteiger charge is 2.35. The molecule has 0 aromatic rings. The van der Waals surface area contributed by atoms with E-state index < -0.39 is 0 Å². The number of ether oxygens (including phenoxy) is 1. The van der Waals surface area contributed by atoms with E-state index in [0.717, 1.165) is 45.7 Å². The zero-order valence-corrected chi connectivity index (χ0v) is 11.5. The molecule has 1 aliphatic rings. The zero-order valence-electron chi connectivity index (χ0n) is 11.5. The van der Waals surface area contributed by atoms with Crippen molar-refractivity contribution in [2.75, 3.05) is 32.8 Å². The quantitative estimate of drug-likeness (QED) is 0.710. The molecule has 3 nitrogen and oxygen atoms in total. The first-order valence-electron chi connectivity index (χ1n) is 6.62. The van der Waals surface area contributed by atoms with E-state index in [-0.39, 0.29) is 5.54 Å². The maximum absolute atomic E-state index is 5.49. The van der Waals surface area contributed by atoms with E-state index in [4.69, 9.17) is 11.2 Å². The predicted molar refractivity (Wildman–Crippen MR) is 72.0 cm³/mol. The minimum atomic E-state index is 0.0886. The molecule has 98 valence electrons. The Morgan fingerprint density at radius 2 is 2.06 bits per heavy atom. The van der Waals surface area contributed by atoms with Crippen LogP contribution in [-0.4, -0.2) is 49.3 Å². The van der Waals surface area contributed by atoms with Crippen molar-refractivity contribution in [1.29, 1.82) is 0 Å². The number of terminal acetylenes is 1. The third kappa shape index (κ3) is 3.99. The molecule has 1 rings (SSSR count). The van der Waals surface area contributed by atoms with Gasteiger partial charge in [0.2, 0.25) is 0 Å². The van der Waals surface area contributed by atoms with Crippen molar-refractivity contribution in [1.82, 2.24) is 10.2 Å². The number of rotatable bonds is 6. The van der Waals surface area contributed by atoms with E-state index in [9.17, 15) is 0 Å². The lowest BCUT2D eigenvalue weighted by atomic mass is 9.89. The SMILES string of the molecule is C#CCC(NCCC)C(C)(C)N1CCOCC1. The van der Waals surface area contributed by atoms with Gasteiger partial charge in [-0.25, -0.2) is 0 Å². The molecule has 0 radical (unpaired) electrons. The summed E-state index contributed by atoms with van der Waals surface area (Å²) in [6.07, 6.45) is 7.42. The third-order valence-corrected chi connectivity index (χ3v) is 3.64. The van der Waals surface area contributed by atoms with Crippen molar-refractivity contribution >= 4 is 0 Å². The number of nitrogens with one attached hydrogen (secondary N) is 1. The lowest BCUT2D eigenvalue weighted by Gasteiger charge is -2.45. The number of hydrogen-bond acceptors (Lipinski definition) is 3. The van der Waals surface area contributed by atoms with Crippen LogP contribution in [0.2, 0.25) is 0 Å². The van der Waals surface area contributed by atoms with Crippen LogP contribution in [0.25, 0.3) is 0 Å². The Morgan fingerprint density at radius 1 is 1.41 bits per heavy atom. The van der Waals surface area contributed by atoms with Crippen molar-refractivity contribution in [3.63, 3.8) is 0 Å². The molecule has 1 heterocycles. The van der Waals surface area contributed by atoms with Crippen LogP contribution < -0.4 is 5.32 Å². The lowest BCUT2D eigenvalue weighted by Crippen LogP contribution is -2.60. The number of hydrogen-bond donors (Lipinski definition) is 1. The average Bonchev–Trinajstić information content (AvgIpc) is 2.35. The van der Waals surface area contributed by atoms with Gasteiger partial charge in [0, 0.05) is 31.1 Å². The van der Waals surface area contributed by atoms with E-state index >= 15 is 0 Å². The van der Waals surface area contributed by atoms with Crippen molar-refractivity contribution in [3.05, 3.63) is 0 Å². The third-order valence-electron chi connectivity index (χ3n) is 3.64. The lowest BCUT2D eigenvalue weighted by molar-refractivity contribution is -0.0226. The van der Waals surface area contributed by atoms with Gasteiger partial charge in [-0.05, 0) is 26.8 Å². The normalized spacial score (nSPS) is 19.9. The maximum atomic E-state index is 5.49. The van der Waals surface area contributed by atoms with Crippen molar-refractivity contribution in [3.8, 4) is 12.3 Å². The second-order valence-corrected chi connectivity index (χ2v) is 5.17. The van der Waals surface area contributed by atoms with Gasteiger partial charge in [-0.3, -0.25) is 4.90 Å². The standard InChI is InChI=1S/C14H26N2O/c1-5-7-13(15-8-6-2)14(3,4)16-9-11-17-12-10-16/h1,13,15H,6-12H2,2-4H3. The van der Waals surface area contributed by atoms with Gasteiger partial charge >= 0.3 is 0 Å². The molecule has 0 aliphatic carbocycles. The first-order valence-corrected chi connectivity index (χ1v) is 6.62. The van der Waals surface area contributed by atoms with Crippen molar-refractivity contribution < 1.29 is 4.74 Å². The fraction of sp³-hybridized carbons (Fsp3) is 0.857. The molecular weight excluding hydrogens is 212 g/mol. The van der Waals surface area contributed by atoms with Crippen LogP contribution in [0, 0.1) is 12.3 Å². The van der Waals surface area contributed by atoms with E-state index in [1.807, 2.05) is 0 Å². The largest absolute Gasteiger partial charge is 0.379 e. The Hall–Kier alpha value is -0.560. The van der Waals surface area contributed by atoms with Crippen molar-refractivity contribution in [2.45, 2.75) is 45.2 Å². The molecule has 1 aliphatic heterocycles. The average molecular weight is 238 g/mol. The first kappa shape index (κ1) is 14.5. The van der Waals surface area contributed by atoms with E-state index in [1.165, 1.54) is 0 Å².